The second kappa shape index (κ2) is 13.6. The van der Waals surface area contributed by atoms with E-state index >= 15 is 0 Å². The van der Waals surface area contributed by atoms with E-state index in [1.165, 1.54) is 17.1 Å². The first kappa shape index (κ1) is 37.8. The van der Waals surface area contributed by atoms with E-state index in [2.05, 4.69) is 28.1 Å². The summed E-state index contributed by atoms with van der Waals surface area (Å²) < 4.78 is 45.4. The molecule has 2 heterocycles. The van der Waals surface area contributed by atoms with Gasteiger partial charge in [-0.3, -0.25) is 27.8 Å². The van der Waals surface area contributed by atoms with Gasteiger partial charge in [0.25, 0.3) is 21.2 Å². The number of hydrogen-bond donors (Lipinski definition) is 3. The molecule has 24 heteroatoms. The fourth-order valence-corrected chi connectivity index (χ4v) is 5.48. The summed E-state index contributed by atoms with van der Waals surface area (Å²) in [5, 5.41) is 9.61. The SMILES string of the molecule is Nc1nc2c(ncn2/C=C2/C[C@]2(CO)COP(=O)([O-])OP(=O)([O-])OP(=O)([O-])[O-])c(=O)[nH]1.[Li+].[Li+].[Li+].[Li+]. The molecule has 0 aliphatic heterocycles. The van der Waals surface area contributed by atoms with Crippen LogP contribution in [0.3, 0.4) is 0 Å². The van der Waals surface area contributed by atoms with E-state index in [1.807, 2.05) is 0 Å². The molecule has 1 aliphatic carbocycles. The van der Waals surface area contributed by atoms with Crippen molar-refractivity contribution < 1.29 is 127 Å². The van der Waals surface area contributed by atoms with Crippen LogP contribution in [0.15, 0.2) is 16.7 Å². The second-order valence-electron chi connectivity index (χ2n) is 6.32. The van der Waals surface area contributed by atoms with Crippen LogP contribution in [0.5, 0.6) is 0 Å². The maximum atomic E-state index is 11.8. The molecule has 35 heavy (non-hydrogen) atoms. The van der Waals surface area contributed by atoms with Gasteiger partial charge in [0.2, 0.25) is 5.95 Å². The Morgan fingerprint density at radius 3 is 2.29 bits per heavy atom. The van der Waals surface area contributed by atoms with Gasteiger partial charge < -0.3 is 39.5 Å². The van der Waals surface area contributed by atoms with E-state index in [-0.39, 0.29) is 99.0 Å². The smallest absolute Gasteiger partial charge is 0.790 e. The monoisotopic (exact) mass is 527 g/mol. The van der Waals surface area contributed by atoms with E-state index in [0.717, 1.165) is 0 Å². The van der Waals surface area contributed by atoms with Crippen molar-refractivity contribution in [3.8, 4) is 0 Å². The van der Waals surface area contributed by atoms with Crippen LogP contribution in [0.1, 0.15) is 6.42 Å². The summed E-state index contributed by atoms with van der Waals surface area (Å²) in [5.41, 5.74) is 4.06. The molecule has 2 unspecified atom stereocenters. The van der Waals surface area contributed by atoms with Crippen molar-refractivity contribution in [3.63, 3.8) is 0 Å². The number of anilines is 1. The summed E-state index contributed by atoms with van der Waals surface area (Å²) in [5.74, 6) is -0.181. The zero-order valence-corrected chi connectivity index (χ0v) is 21.7. The van der Waals surface area contributed by atoms with E-state index in [0.29, 0.717) is 5.57 Å². The molecule has 3 atom stereocenters. The van der Waals surface area contributed by atoms with Crippen LogP contribution in [-0.4, -0.2) is 37.8 Å². The number of phosphoric acid groups is 3. The Hall–Kier alpha value is 0.650. The Bertz CT molecular complexity index is 1270. The molecule has 2 aromatic heterocycles. The Morgan fingerprint density at radius 1 is 1.14 bits per heavy atom. The van der Waals surface area contributed by atoms with Gasteiger partial charge in [0.05, 0.1) is 21.0 Å². The summed E-state index contributed by atoms with van der Waals surface area (Å²) in [7, 11) is -17.9. The number of H-pyrrole nitrogens is 1. The third-order valence-electron chi connectivity index (χ3n) is 4.03. The number of imidazole rings is 1. The van der Waals surface area contributed by atoms with Gasteiger partial charge in [-0.2, -0.15) is 4.98 Å². The zero-order chi connectivity index (χ0) is 23.2. The minimum Gasteiger partial charge on any atom is -0.790 e. The number of hydrogen-bond acceptors (Lipinski definition) is 15. The molecule has 0 aromatic carbocycles. The summed E-state index contributed by atoms with van der Waals surface area (Å²) in [6, 6.07) is 0. The predicted octanol–water partition coefficient (Wildman–Crippen LogP) is -15.2. The normalized spacial score (nSPS) is 21.5. The summed E-state index contributed by atoms with van der Waals surface area (Å²) in [6.45, 7) is -1.44. The van der Waals surface area contributed by atoms with Gasteiger partial charge in [0, 0.05) is 11.6 Å². The fraction of sp³-hybridized carbons (Fsp3) is 0.364. The number of nitrogens with zero attached hydrogens (tertiary/aromatic N) is 3. The minimum absolute atomic E-state index is 0. The van der Waals surface area contributed by atoms with Crippen LogP contribution < -0.4 is 106 Å². The Kier molecular flexibility index (Phi) is 14.7. The van der Waals surface area contributed by atoms with E-state index in [1.54, 1.807) is 0 Å². The maximum absolute atomic E-state index is 11.8. The summed E-state index contributed by atoms with van der Waals surface area (Å²) in [6.07, 6.45) is 2.69. The molecule has 0 spiro atoms. The molecule has 0 amide bonds. The first-order valence-electron chi connectivity index (χ1n) is 7.91. The minimum atomic E-state index is -6.10. The molecule has 0 bridgehead atoms. The van der Waals surface area contributed by atoms with Crippen molar-refractivity contribution in [2.45, 2.75) is 6.42 Å². The fourth-order valence-electron chi connectivity index (χ4n) is 2.54. The first-order chi connectivity index (χ1) is 14.2. The molecule has 1 aliphatic rings. The number of aromatic amines is 1. The number of aromatic nitrogens is 4. The van der Waals surface area contributed by atoms with Gasteiger partial charge in [-0.05, 0) is 12.0 Å². The summed E-state index contributed by atoms with van der Waals surface area (Å²) in [4.78, 5) is 65.3. The van der Waals surface area contributed by atoms with Crippen LogP contribution in [-0.2, 0) is 26.8 Å². The molecule has 1 fully saturated rings. The van der Waals surface area contributed by atoms with Gasteiger partial charge in [-0.15, -0.1) is 0 Å². The number of aliphatic hydroxyl groups excluding tert-OH is 1. The third-order valence-corrected chi connectivity index (χ3v) is 7.68. The van der Waals surface area contributed by atoms with Crippen LogP contribution in [0.2, 0.25) is 0 Å². The Labute approximate surface area is 244 Å². The van der Waals surface area contributed by atoms with Crippen molar-refractivity contribution in [3.05, 3.63) is 22.3 Å². The maximum Gasteiger partial charge on any atom is 1.00 e. The third kappa shape index (κ3) is 10.0. The van der Waals surface area contributed by atoms with E-state index in [4.69, 9.17) is 5.73 Å². The number of fused-ring (bicyclic) bond motifs is 1. The molecule has 2 aromatic rings. The number of rotatable bonds is 9. The van der Waals surface area contributed by atoms with Crippen molar-refractivity contribution >= 4 is 46.8 Å². The second-order valence-corrected chi connectivity index (χ2v) is 10.6. The topological polar surface area (TPSA) is 281 Å². The van der Waals surface area contributed by atoms with Crippen LogP contribution >= 0.6 is 23.5 Å². The molecular weight excluding hydrogens is 515 g/mol. The molecule has 3 rings (SSSR count). The Balaban J connectivity index is 0. The summed E-state index contributed by atoms with van der Waals surface area (Å²) >= 11 is 0. The zero-order valence-electron chi connectivity index (χ0n) is 19.0. The van der Waals surface area contributed by atoms with Gasteiger partial charge in [-0.25, -0.2) is 9.29 Å². The predicted molar refractivity (Wildman–Crippen MR) is 91.9 cm³/mol. The van der Waals surface area contributed by atoms with E-state index in [9.17, 15) is 43.2 Å². The Morgan fingerprint density at radius 2 is 1.74 bits per heavy atom. The quantitative estimate of drug-likeness (QED) is 0.202. The molecule has 172 valence electrons. The van der Waals surface area contributed by atoms with Crippen molar-refractivity contribution in [2.24, 2.45) is 5.41 Å². The van der Waals surface area contributed by atoms with Crippen molar-refractivity contribution in [2.75, 3.05) is 18.9 Å². The van der Waals surface area contributed by atoms with Crippen LogP contribution in [0.4, 0.5) is 5.95 Å². The average Bonchev–Trinajstić information content (AvgIpc) is 3.12. The number of nitrogens with one attached hydrogen (secondary N) is 1. The molecule has 0 saturated heterocycles. The number of phosphoric ester groups is 1. The van der Waals surface area contributed by atoms with Gasteiger partial charge >= 0.3 is 75.4 Å². The largest absolute Gasteiger partial charge is 1.00 e. The van der Waals surface area contributed by atoms with Crippen molar-refractivity contribution in [1.29, 1.82) is 0 Å². The first-order valence-corrected chi connectivity index (χ1v) is 12.3. The standard InChI is InChI=1S/C11H16N5O12P3.4Li/c12-10-14-8-7(9(18)15-10)13-5-16(8)2-6-1-11(6,3-17)4-26-30(22,23)28-31(24,25)27-29(19,20)21;;;;/h2,5,17H,1,3-4H2,(H,22,23)(H,24,25)(H2,19,20,21)(H3,12,14,15,18);;;;/q;4*+1/p-4/b6-2-;;;;/t11-;;;;/m0..../s1. The van der Waals surface area contributed by atoms with Crippen LogP contribution in [0.25, 0.3) is 17.4 Å². The number of nitrogens with two attached hydrogens (primary N) is 1. The molecule has 0 radical (unpaired) electrons. The van der Waals surface area contributed by atoms with Gasteiger partial charge in [0.1, 0.15) is 6.33 Å². The number of nitrogen functional groups attached to an aromatic ring is 1. The van der Waals surface area contributed by atoms with Crippen molar-refractivity contribution in [1.82, 2.24) is 19.5 Å². The van der Waals surface area contributed by atoms with E-state index < -0.39 is 47.7 Å². The molecular formula is C11H12Li4N5O12P3. The van der Waals surface area contributed by atoms with Gasteiger partial charge in [-0.1, -0.05) is 0 Å². The molecule has 4 N–H and O–H groups in total. The average molecular weight is 527 g/mol. The number of aliphatic hydroxyl groups is 1. The van der Waals surface area contributed by atoms with Gasteiger partial charge in [0.15, 0.2) is 11.2 Å². The van der Waals surface area contributed by atoms with Crippen LogP contribution in [0, 0.1) is 5.41 Å². The molecule has 17 nitrogen and oxygen atoms in total. The molecule has 1 saturated carbocycles.